The van der Waals surface area contributed by atoms with E-state index < -0.39 is 11.6 Å². The number of hydrogen-bond acceptors (Lipinski definition) is 2. The monoisotopic (exact) mass is 297 g/mol. The molecule has 4 heteroatoms. The number of benzene rings is 1. The van der Waals surface area contributed by atoms with Crippen LogP contribution in [-0.2, 0) is 6.54 Å². The molecule has 0 aliphatic heterocycles. The van der Waals surface area contributed by atoms with Gasteiger partial charge in [0.1, 0.15) is 0 Å². The van der Waals surface area contributed by atoms with Crippen molar-refractivity contribution in [3.05, 3.63) is 42.0 Å². The Kier molecular flexibility index (Phi) is 8.67. The lowest BCUT2D eigenvalue weighted by molar-refractivity contribution is 0.275. The lowest BCUT2D eigenvalue weighted by Crippen LogP contribution is -2.14. The van der Waals surface area contributed by atoms with Gasteiger partial charge >= 0.3 is 0 Å². The van der Waals surface area contributed by atoms with Crippen molar-refractivity contribution in [1.29, 1.82) is 0 Å². The van der Waals surface area contributed by atoms with Crippen LogP contribution < -0.4 is 10.1 Å². The Morgan fingerprint density at radius 3 is 2.52 bits per heavy atom. The standard InChI is InChI=1S/C17H25F2NO/c1-3-5-6-7-8-10-21-17-15(18)11-14(12-16(17)19)13-20-9-4-2/h3,11-12,20H,1,4-10,13H2,2H3. The maximum absolute atomic E-state index is 13.8. The van der Waals surface area contributed by atoms with E-state index in [2.05, 4.69) is 11.9 Å². The summed E-state index contributed by atoms with van der Waals surface area (Å²) < 4.78 is 32.9. The molecule has 0 unspecified atom stereocenters. The van der Waals surface area contributed by atoms with E-state index in [1.165, 1.54) is 12.1 Å². The highest BCUT2D eigenvalue weighted by Gasteiger charge is 2.12. The number of rotatable bonds is 11. The van der Waals surface area contributed by atoms with Crippen LogP contribution in [0.3, 0.4) is 0 Å². The first kappa shape index (κ1) is 17.6. The van der Waals surface area contributed by atoms with Gasteiger partial charge in [0.2, 0.25) is 0 Å². The maximum Gasteiger partial charge on any atom is 0.190 e. The Morgan fingerprint density at radius 2 is 1.90 bits per heavy atom. The van der Waals surface area contributed by atoms with Crippen molar-refractivity contribution in [3.63, 3.8) is 0 Å². The molecule has 2 nitrogen and oxygen atoms in total. The summed E-state index contributed by atoms with van der Waals surface area (Å²) in [5.74, 6) is -1.53. The topological polar surface area (TPSA) is 21.3 Å². The van der Waals surface area contributed by atoms with Crippen molar-refractivity contribution < 1.29 is 13.5 Å². The summed E-state index contributed by atoms with van der Waals surface area (Å²) in [5, 5.41) is 3.11. The van der Waals surface area contributed by atoms with Gasteiger partial charge in [0.15, 0.2) is 17.4 Å². The Labute approximate surface area is 126 Å². The van der Waals surface area contributed by atoms with Crippen LogP contribution in [0.5, 0.6) is 5.75 Å². The Balaban J connectivity index is 2.45. The highest BCUT2D eigenvalue weighted by molar-refractivity contribution is 5.31. The highest BCUT2D eigenvalue weighted by Crippen LogP contribution is 2.23. The number of hydrogen-bond donors (Lipinski definition) is 1. The maximum atomic E-state index is 13.8. The second kappa shape index (κ2) is 10.3. The number of ether oxygens (including phenoxy) is 1. The van der Waals surface area contributed by atoms with Crippen LogP contribution in [0.2, 0.25) is 0 Å². The molecule has 1 aromatic rings. The van der Waals surface area contributed by atoms with Gasteiger partial charge in [-0.15, -0.1) is 6.58 Å². The predicted molar refractivity (Wildman–Crippen MR) is 82.5 cm³/mol. The summed E-state index contributed by atoms with van der Waals surface area (Å²) in [6, 6.07) is 2.66. The third-order valence-corrected chi connectivity index (χ3v) is 3.11. The summed E-state index contributed by atoms with van der Waals surface area (Å²) in [4.78, 5) is 0. The molecular formula is C17H25F2NO. The lowest BCUT2D eigenvalue weighted by Gasteiger charge is -2.10. The average molecular weight is 297 g/mol. The third-order valence-electron chi connectivity index (χ3n) is 3.11. The molecule has 0 saturated carbocycles. The molecule has 0 amide bonds. The van der Waals surface area contributed by atoms with Gasteiger partial charge in [-0.1, -0.05) is 13.0 Å². The Bertz CT molecular complexity index is 412. The predicted octanol–water partition coefficient (Wildman–Crippen LogP) is 4.59. The molecule has 1 rings (SSSR count). The molecule has 0 saturated heterocycles. The molecule has 0 heterocycles. The number of unbranched alkanes of at least 4 members (excludes halogenated alkanes) is 3. The molecule has 0 aliphatic carbocycles. The van der Waals surface area contributed by atoms with E-state index in [1.807, 2.05) is 13.0 Å². The molecule has 0 atom stereocenters. The lowest BCUT2D eigenvalue weighted by atomic mass is 10.2. The summed E-state index contributed by atoms with van der Waals surface area (Å²) in [5.41, 5.74) is 0.594. The van der Waals surface area contributed by atoms with Crippen LogP contribution in [0.15, 0.2) is 24.8 Å². The van der Waals surface area contributed by atoms with Crippen molar-refractivity contribution in [2.45, 2.75) is 45.6 Å². The van der Waals surface area contributed by atoms with Crippen LogP contribution in [0.4, 0.5) is 8.78 Å². The zero-order valence-electron chi connectivity index (χ0n) is 12.8. The van der Waals surface area contributed by atoms with Gasteiger partial charge in [0, 0.05) is 6.54 Å². The Morgan fingerprint density at radius 1 is 1.19 bits per heavy atom. The molecule has 1 aromatic carbocycles. The van der Waals surface area contributed by atoms with E-state index in [0.717, 1.165) is 38.6 Å². The molecule has 0 radical (unpaired) electrons. The van der Waals surface area contributed by atoms with Gasteiger partial charge in [0.05, 0.1) is 6.61 Å². The van der Waals surface area contributed by atoms with Crippen molar-refractivity contribution in [2.75, 3.05) is 13.2 Å². The minimum atomic E-state index is -0.630. The van der Waals surface area contributed by atoms with E-state index >= 15 is 0 Å². The first-order valence-electron chi connectivity index (χ1n) is 7.61. The second-order valence-electron chi connectivity index (χ2n) is 5.05. The summed E-state index contributed by atoms with van der Waals surface area (Å²) in [7, 11) is 0. The first-order chi connectivity index (χ1) is 10.2. The highest BCUT2D eigenvalue weighted by atomic mass is 19.1. The number of allylic oxidation sites excluding steroid dienone is 1. The molecule has 0 aliphatic rings. The van der Waals surface area contributed by atoms with Crippen molar-refractivity contribution >= 4 is 0 Å². The molecule has 0 aromatic heterocycles. The van der Waals surface area contributed by atoms with Gasteiger partial charge in [-0.05, 0) is 56.3 Å². The summed E-state index contributed by atoms with van der Waals surface area (Å²) >= 11 is 0. The zero-order chi connectivity index (χ0) is 15.5. The van der Waals surface area contributed by atoms with E-state index in [4.69, 9.17) is 4.74 Å². The van der Waals surface area contributed by atoms with E-state index in [0.29, 0.717) is 18.7 Å². The van der Waals surface area contributed by atoms with Crippen molar-refractivity contribution in [3.8, 4) is 5.75 Å². The molecule has 0 spiro atoms. The minimum absolute atomic E-state index is 0.266. The van der Waals surface area contributed by atoms with E-state index in [9.17, 15) is 8.78 Å². The average Bonchev–Trinajstić information content (AvgIpc) is 2.45. The third kappa shape index (κ3) is 6.71. The largest absolute Gasteiger partial charge is 0.488 e. The molecule has 21 heavy (non-hydrogen) atoms. The fourth-order valence-electron chi connectivity index (χ4n) is 2.00. The first-order valence-corrected chi connectivity index (χ1v) is 7.61. The molecule has 118 valence electrons. The molecule has 0 fully saturated rings. The molecule has 1 N–H and O–H groups in total. The normalized spacial score (nSPS) is 10.6. The smallest absolute Gasteiger partial charge is 0.190 e. The van der Waals surface area contributed by atoms with Crippen molar-refractivity contribution in [1.82, 2.24) is 5.32 Å². The second-order valence-corrected chi connectivity index (χ2v) is 5.05. The Hall–Kier alpha value is -1.42. The fourth-order valence-corrected chi connectivity index (χ4v) is 2.00. The zero-order valence-corrected chi connectivity index (χ0v) is 12.8. The minimum Gasteiger partial charge on any atom is -0.488 e. The molecular weight excluding hydrogens is 272 g/mol. The van der Waals surface area contributed by atoms with Gasteiger partial charge in [-0.2, -0.15) is 0 Å². The summed E-state index contributed by atoms with van der Waals surface area (Å²) in [6.45, 7) is 7.31. The number of halogens is 2. The van der Waals surface area contributed by atoms with E-state index in [-0.39, 0.29) is 5.75 Å². The van der Waals surface area contributed by atoms with Crippen molar-refractivity contribution in [2.24, 2.45) is 0 Å². The van der Waals surface area contributed by atoms with Crippen LogP contribution in [0.1, 0.15) is 44.6 Å². The molecule has 0 bridgehead atoms. The van der Waals surface area contributed by atoms with E-state index in [1.54, 1.807) is 0 Å². The fraction of sp³-hybridized carbons (Fsp3) is 0.529. The van der Waals surface area contributed by atoms with Crippen LogP contribution in [0.25, 0.3) is 0 Å². The van der Waals surface area contributed by atoms with Crippen LogP contribution in [0, 0.1) is 11.6 Å². The van der Waals surface area contributed by atoms with Crippen LogP contribution in [-0.4, -0.2) is 13.2 Å². The van der Waals surface area contributed by atoms with Gasteiger partial charge in [-0.3, -0.25) is 0 Å². The van der Waals surface area contributed by atoms with Gasteiger partial charge in [-0.25, -0.2) is 8.78 Å². The number of nitrogens with one attached hydrogen (secondary N) is 1. The summed E-state index contributed by atoms with van der Waals surface area (Å²) in [6.07, 6.45) is 6.59. The van der Waals surface area contributed by atoms with Gasteiger partial charge < -0.3 is 10.1 Å². The SMILES string of the molecule is C=CCCCCCOc1c(F)cc(CNCCC)cc1F. The van der Waals surface area contributed by atoms with Crippen LogP contribution >= 0.6 is 0 Å². The quantitative estimate of drug-likeness (QED) is 0.476. The van der Waals surface area contributed by atoms with Gasteiger partial charge in [0.25, 0.3) is 0 Å².